The van der Waals surface area contributed by atoms with Gasteiger partial charge in [0, 0.05) is 48.9 Å². The minimum atomic E-state index is 0.0815. The van der Waals surface area contributed by atoms with E-state index >= 15 is 0 Å². The van der Waals surface area contributed by atoms with Crippen molar-refractivity contribution < 1.29 is 14.6 Å². The van der Waals surface area contributed by atoms with Crippen LogP contribution in [0.25, 0.3) is 16.9 Å². The second-order valence-electron chi connectivity index (χ2n) is 5.88. The summed E-state index contributed by atoms with van der Waals surface area (Å²) < 4.78 is 12.5. The molecule has 0 aliphatic carbocycles. The summed E-state index contributed by atoms with van der Waals surface area (Å²) in [6.45, 7) is 3.23. The molecule has 0 radical (unpaired) electrons. The van der Waals surface area contributed by atoms with Crippen molar-refractivity contribution in [2.45, 2.75) is 0 Å². The average Bonchev–Trinajstić information content (AvgIpc) is 3.07. The minimum absolute atomic E-state index is 0.0815. The largest absolute Gasteiger partial charge is 0.507 e. The molecule has 130 valence electrons. The lowest BCUT2D eigenvalue weighted by Gasteiger charge is -2.28. The molecule has 1 saturated heterocycles. The number of hydrogen-bond donors (Lipinski definition) is 1. The number of fused-ring (bicyclic) bond motifs is 1. The normalized spacial score (nSPS) is 14.9. The van der Waals surface area contributed by atoms with Gasteiger partial charge in [0.25, 0.3) is 0 Å². The van der Waals surface area contributed by atoms with Crippen LogP contribution in [0.5, 0.6) is 11.5 Å². The van der Waals surface area contributed by atoms with Gasteiger partial charge in [0.15, 0.2) is 0 Å². The number of morpholine rings is 1. The third-order valence-corrected chi connectivity index (χ3v) is 4.66. The fourth-order valence-corrected chi connectivity index (χ4v) is 3.26. The van der Waals surface area contributed by atoms with Crippen molar-refractivity contribution in [2.75, 3.05) is 38.3 Å². The highest BCUT2D eigenvalue weighted by atomic mass is 35.5. The SMILES string of the molecule is COc1cc(O)c(-c2cn3ccc(N4CCOCC4)cc3n2)cc1Cl. The molecule has 1 fully saturated rings. The minimum Gasteiger partial charge on any atom is -0.507 e. The average molecular weight is 360 g/mol. The van der Waals surface area contributed by atoms with Crippen LogP contribution in [0.1, 0.15) is 0 Å². The van der Waals surface area contributed by atoms with E-state index in [1.165, 1.54) is 13.2 Å². The number of hydrogen-bond acceptors (Lipinski definition) is 5. The van der Waals surface area contributed by atoms with Crippen molar-refractivity contribution in [3.63, 3.8) is 0 Å². The number of phenols is 1. The maximum absolute atomic E-state index is 10.3. The Kier molecular flexibility index (Phi) is 4.15. The van der Waals surface area contributed by atoms with Crippen molar-refractivity contribution in [3.05, 3.63) is 41.7 Å². The van der Waals surface area contributed by atoms with E-state index in [-0.39, 0.29) is 5.75 Å². The van der Waals surface area contributed by atoms with Crippen LogP contribution in [0.2, 0.25) is 5.02 Å². The second-order valence-corrected chi connectivity index (χ2v) is 6.29. The number of rotatable bonds is 3. The second kappa shape index (κ2) is 6.46. The first-order valence-electron chi connectivity index (χ1n) is 8.04. The topological polar surface area (TPSA) is 59.2 Å². The maximum Gasteiger partial charge on any atom is 0.141 e. The Balaban J connectivity index is 1.73. The Morgan fingerprint density at radius 2 is 2.04 bits per heavy atom. The lowest BCUT2D eigenvalue weighted by atomic mass is 10.1. The first kappa shape index (κ1) is 16.1. The molecule has 0 saturated carbocycles. The zero-order valence-corrected chi connectivity index (χ0v) is 14.5. The Hall–Kier alpha value is -2.44. The Labute approximate surface area is 150 Å². The first-order valence-corrected chi connectivity index (χ1v) is 8.42. The monoisotopic (exact) mass is 359 g/mol. The molecule has 2 aromatic heterocycles. The number of methoxy groups -OCH3 is 1. The molecule has 4 rings (SSSR count). The van der Waals surface area contributed by atoms with Crippen molar-refractivity contribution in [1.29, 1.82) is 0 Å². The quantitative estimate of drug-likeness (QED) is 0.778. The van der Waals surface area contributed by atoms with Gasteiger partial charge >= 0.3 is 0 Å². The molecule has 1 N–H and O–H groups in total. The van der Waals surface area contributed by atoms with Gasteiger partial charge in [-0.25, -0.2) is 4.98 Å². The molecule has 1 aliphatic rings. The summed E-state index contributed by atoms with van der Waals surface area (Å²) in [5.41, 5.74) is 3.15. The molecule has 0 atom stereocenters. The van der Waals surface area contributed by atoms with E-state index in [2.05, 4.69) is 16.0 Å². The van der Waals surface area contributed by atoms with Crippen LogP contribution in [0.15, 0.2) is 36.7 Å². The maximum atomic E-state index is 10.3. The third kappa shape index (κ3) is 2.99. The van der Waals surface area contributed by atoms with Gasteiger partial charge in [-0.05, 0) is 12.1 Å². The molecule has 3 heterocycles. The van der Waals surface area contributed by atoms with Crippen molar-refractivity contribution in [1.82, 2.24) is 9.38 Å². The van der Waals surface area contributed by atoms with E-state index in [1.807, 2.05) is 22.9 Å². The van der Waals surface area contributed by atoms with Gasteiger partial charge in [-0.15, -0.1) is 0 Å². The number of imidazole rings is 1. The summed E-state index contributed by atoms with van der Waals surface area (Å²) in [5.74, 6) is 0.513. The number of pyridine rings is 1. The van der Waals surface area contributed by atoms with Crippen LogP contribution in [-0.2, 0) is 4.74 Å². The molecule has 7 heteroatoms. The number of phenolic OH excluding ortho intramolecular Hbond substituents is 1. The molecular formula is C18H18ClN3O3. The molecular weight excluding hydrogens is 342 g/mol. The summed E-state index contributed by atoms with van der Waals surface area (Å²) in [6.07, 6.45) is 3.84. The van der Waals surface area contributed by atoms with Gasteiger partial charge in [0.05, 0.1) is 31.0 Å². The number of benzene rings is 1. The van der Waals surface area contributed by atoms with Crippen molar-refractivity contribution >= 4 is 22.9 Å². The van der Waals surface area contributed by atoms with E-state index in [9.17, 15) is 5.11 Å². The van der Waals surface area contributed by atoms with Crippen molar-refractivity contribution in [2.24, 2.45) is 0 Å². The highest BCUT2D eigenvalue weighted by molar-refractivity contribution is 6.32. The highest BCUT2D eigenvalue weighted by Crippen LogP contribution is 2.37. The number of aromatic nitrogens is 2. The fourth-order valence-electron chi connectivity index (χ4n) is 3.02. The van der Waals surface area contributed by atoms with E-state index < -0.39 is 0 Å². The Bertz CT molecular complexity index is 919. The van der Waals surface area contributed by atoms with Crippen LogP contribution in [0, 0.1) is 0 Å². The molecule has 6 nitrogen and oxygen atoms in total. The number of aromatic hydroxyl groups is 1. The summed E-state index contributed by atoms with van der Waals surface area (Å²) in [6, 6.07) is 7.27. The number of halogens is 1. The predicted octanol–water partition coefficient (Wildman–Crippen LogP) is 3.21. The zero-order valence-electron chi connectivity index (χ0n) is 13.8. The van der Waals surface area contributed by atoms with Crippen LogP contribution < -0.4 is 9.64 Å². The Morgan fingerprint density at radius 3 is 2.80 bits per heavy atom. The van der Waals surface area contributed by atoms with E-state index in [0.29, 0.717) is 22.0 Å². The zero-order chi connectivity index (χ0) is 17.4. The summed E-state index contributed by atoms with van der Waals surface area (Å²) in [5, 5.41) is 10.7. The van der Waals surface area contributed by atoms with Gasteiger partial charge in [0.1, 0.15) is 17.1 Å². The van der Waals surface area contributed by atoms with Crippen LogP contribution in [-0.4, -0.2) is 47.9 Å². The van der Waals surface area contributed by atoms with Gasteiger partial charge in [-0.3, -0.25) is 0 Å². The van der Waals surface area contributed by atoms with Gasteiger partial charge in [-0.2, -0.15) is 0 Å². The number of ether oxygens (including phenoxy) is 2. The van der Waals surface area contributed by atoms with Crippen LogP contribution in [0.3, 0.4) is 0 Å². The molecule has 1 aliphatic heterocycles. The van der Waals surface area contributed by atoms with Gasteiger partial charge < -0.3 is 23.9 Å². The molecule has 0 bridgehead atoms. The summed E-state index contributed by atoms with van der Waals surface area (Å²) >= 11 is 6.19. The van der Waals surface area contributed by atoms with Crippen LogP contribution >= 0.6 is 11.6 Å². The molecule has 0 amide bonds. The standard InChI is InChI=1S/C18H18ClN3O3/c1-24-17-10-16(23)13(9-14(17)19)15-11-22-3-2-12(8-18(22)20-15)21-4-6-25-7-5-21/h2-3,8-11,23H,4-7H2,1H3. The van der Waals surface area contributed by atoms with Crippen LogP contribution in [0.4, 0.5) is 5.69 Å². The molecule has 0 spiro atoms. The third-order valence-electron chi connectivity index (χ3n) is 4.37. The molecule has 25 heavy (non-hydrogen) atoms. The Morgan fingerprint density at radius 1 is 1.24 bits per heavy atom. The molecule has 0 unspecified atom stereocenters. The first-order chi connectivity index (χ1) is 12.2. The lowest BCUT2D eigenvalue weighted by molar-refractivity contribution is 0.122. The van der Waals surface area contributed by atoms with E-state index in [4.69, 9.17) is 21.1 Å². The lowest BCUT2D eigenvalue weighted by Crippen LogP contribution is -2.36. The van der Waals surface area contributed by atoms with Crippen molar-refractivity contribution in [3.8, 4) is 22.8 Å². The van der Waals surface area contributed by atoms with Gasteiger partial charge in [-0.1, -0.05) is 11.6 Å². The predicted molar refractivity (Wildman–Crippen MR) is 96.9 cm³/mol. The summed E-state index contributed by atoms with van der Waals surface area (Å²) in [7, 11) is 1.51. The molecule has 1 aromatic carbocycles. The smallest absolute Gasteiger partial charge is 0.141 e. The molecule has 3 aromatic rings. The highest BCUT2D eigenvalue weighted by Gasteiger charge is 2.15. The fraction of sp³-hybridized carbons (Fsp3) is 0.278. The van der Waals surface area contributed by atoms with E-state index in [1.54, 1.807) is 6.07 Å². The van der Waals surface area contributed by atoms with E-state index in [0.717, 1.165) is 37.6 Å². The van der Waals surface area contributed by atoms with Gasteiger partial charge in [0.2, 0.25) is 0 Å². The summed E-state index contributed by atoms with van der Waals surface area (Å²) in [4.78, 5) is 6.92. The number of anilines is 1. The number of nitrogens with zero attached hydrogens (tertiary/aromatic N) is 3.